The Hall–Kier alpha value is -3.73. The number of imide groups is 1. The second-order valence-electron chi connectivity index (χ2n) is 13.2. The van der Waals surface area contributed by atoms with E-state index in [4.69, 9.17) is 4.74 Å². The number of rotatable bonds is 16. The molecule has 2 bridgehead atoms. The molecule has 236 valence electrons. The number of anilines is 1. The Morgan fingerprint density at radius 2 is 0.978 bits per heavy atom. The van der Waals surface area contributed by atoms with Crippen molar-refractivity contribution < 1.29 is 19.1 Å². The Labute approximate surface area is 268 Å². The maximum atomic E-state index is 14.2. The first-order valence-corrected chi connectivity index (χ1v) is 17.4. The van der Waals surface area contributed by atoms with Gasteiger partial charge in [0.2, 0.25) is 11.8 Å². The fraction of sp³-hybridized carbons (Fsp3) is 0.475. The van der Waals surface area contributed by atoms with E-state index in [0.717, 1.165) is 41.5 Å². The van der Waals surface area contributed by atoms with E-state index in [9.17, 15) is 14.4 Å². The fourth-order valence-electron chi connectivity index (χ4n) is 8.12. The molecular weight excluding hydrogens is 558 g/mol. The Morgan fingerprint density at radius 3 is 1.44 bits per heavy atom. The molecule has 1 saturated heterocycles. The number of benzene rings is 3. The van der Waals surface area contributed by atoms with Crippen LogP contribution < -0.4 is 4.90 Å². The van der Waals surface area contributed by atoms with Crippen LogP contribution in [-0.2, 0) is 14.3 Å². The number of para-hydroxylation sites is 1. The molecule has 2 amide bonds. The van der Waals surface area contributed by atoms with Crippen LogP contribution >= 0.6 is 0 Å². The van der Waals surface area contributed by atoms with Crippen LogP contribution in [0.25, 0.3) is 0 Å². The molecule has 3 aromatic carbocycles. The second-order valence-corrected chi connectivity index (χ2v) is 13.2. The van der Waals surface area contributed by atoms with Gasteiger partial charge in [0.25, 0.3) is 0 Å². The summed E-state index contributed by atoms with van der Waals surface area (Å²) in [4.78, 5) is 43.0. The van der Waals surface area contributed by atoms with Gasteiger partial charge in [0.1, 0.15) is 0 Å². The van der Waals surface area contributed by atoms with Crippen molar-refractivity contribution in [2.24, 2.45) is 11.8 Å². The SMILES string of the molecule is CCCCCCCCCCCCCCCOC(=O)c1ccccc1N1C(=O)C2C3c4ccccc4C(c4ccccc43)C2C1=O. The lowest BCUT2D eigenvalue weighted by Crippen LogP contribution is -2.41. The number of hydrogen-bond acceptors (Lipinski definition) is 4. The maximum absolute atomic E-state index is 14.2. The molecule has 0 radical (unpaired) electrons. The van der Waals surface area contributed by atoms with Crippen molar-refractivity contribution in [3.63, 3.8) is 0 Å². The van der Waals surface area contributed by atoms with Crippen LogP contribution in [0.3, 0.4) is 0 Å². The normalized spacial score (nSPS) is 21.0. The smallest absolute Gasteiger partial charge is 0.340 e. The Balaban J connectivity index is 1.04. The third kappa shape index (κ3) is 6.23. The van der Waals surface area contributed by atoms with Crippen LogP contribution in [0.4, 0.5) is 5.69 Å². The predicted molar refractivity (Wildman–Crippen MR) is 178 cm³/mol. The number of carbonyl (C=O) groups is 3. The van der Waals surface area contributed by atoms with E-state index in [1.165, 1.54) is 69.1 Å². The van der Waals surface area contributed by atoms with Gasteiger partial charge in [-0.1, -0.05) is 145 Å². The van der Waals surface area contributed by atoms with Crippen molar-refractivity contribution in [3.05, 3.63) is 101 Å². The molecule has 0 spiro atoms. The number of ether oxygens (including phenoxy) is 1. The van der Waals surface area contributed by atoms with Gasteiger partial charge in [-0.05, 0) is 40.8 Å². The minimum Gasteiger partial charge on any atom is -0.462 e. The average molecular weight is 606 g/mol. The maximum Gasteiger partial charge on any atom is 0.340 e. The zero-order valence-corrected chi connectivity index (χ0v) is 26.7. The van der Waals surface area contributed by atoms with E-state index in [0.29, 0.717) is 12.3 Å². The van der Waals surface area contributed by atoms with Gasteiger partial charge < -0.3 is 4.74 Å². The van der Waals surface area contributed by atoms with Crippen LogP contribution in [-0.4, -0.2) is 24.4 Å². The lowest BCUT2D eigenvalue weighted by molar-refractivity contribution is -0.122. The van der Waals surface area contributed by atoms with E-state index in [2.05, 4.69) is 31.2 Å². The Bertz CT molecular complexity index is 1400. The average Bonchev–Trinajstić information content (AvgIpc) is 3.34. The largest absolute Gasteiger partial charge is 0.462 e. The van der Waals surface area contributed by atoms with E-state index in [1.54, 1.807) is 24.3 Å². The Kier molecular flexibility index (Phi) is 10.1. The van der Waals surface area contributed by atoms with Gasteiger partial charge in [-0.25, -0.2) is 9.69 Å². The molecule has 5 nitrogen and oxygen atoms in total. The van der Waals surface area contributed by atoms with E-state index in [1.807, 2.05) is 24.3 Å². The highest BCUT2D eigenvalue weighted by Crippen LogP contribution is 2.61. The molecule has 1 aliphatic heterocycles. The first-order valence-electron chi connectivity index (χ1n) is 17.4. The molecule has 45 heavy (non-hydrogen) atoms. The standard InChI is InChI=1S/C40H47NO4/c1-2-3-4-5-6-7-8-9-10-11-12-13-20-27-45-40(44)32-25-18-19-26-33(32)41-38(42)36-34-28-21-14-15-22-29(28)35(37(36)39(41)43)31-24-17-16-23-30(31)34/h14-19,21-26,34-37H,2-13,20,27H2,1H3. The summed E-state index contributed by atoms with van der Waals surface area (Å²) in [5, 5.41) is 0. The van der Waals surface area contributed by atoms with E-state index >= 15 is 0 Å². The number of esters is 1. The molecule has 1 fully saturated rings. The molecule has 4 aliphatic rings. The first kappa shape index (κ1) is 31.3. The highest BCUT2D eigenvalue weighted by molar-refractivity contribution is 6.25. The number of hydrogen-bond donors (Lipinski definition) is 0. The van der Waals surface area contributed by atoms with Crippen molar-refractivity contribution in [3.8, 4) is 0 Å². The van der Waals surface area contributed by atoms with Crippen molar-refractivity contribution in [1.29, 1.82) is 0 Å². The van der Waals surface area contributed by atoms with Gasteiger partial charge >= 0.3 is 5.97 Å². The van der Waals surface area contributed by atoms with E-state index < -0.39 is 17.8 Å². The van der Waals surface area contributed by atoms with Crippen molar-refractivity contribution in [2.45, 2.75) is 102 Å². The summed E-state index contributed by atoms with van der Waals surface area (Å²) in [5.41, 5.74) is 5.15. The molecule has 0 aromatic heterocycles. The summed E-state index contributed by atoms with van der Waals surface area (Å²) < 4.78 is 5.69. The third-order valence-corrected chi connectivity index (χ3v) is 10.3. The van der Waals surface area contributed by atoms with Crippen molar-refractivity contribution in [2.75, 3.05) is 11.5 Å². The Morgan fingerprint density at radius 1 is 0.578 bits per heavy atom. The summed E-state index contributed by atoms with van der Waals surface area (Å²) >= 11 is 0. The topological polar surface area (TPSA) is 63.7 Å². The van der Waals surface area contributed by atoms with Crippen LogP contribution in [0.2, 0.25) is 0 Å². The third-order valence-electron chi connectivity index (χ3n) is 10.3. The van der Waals surface area contributed by atoms with Crippen LogP contribution in [0.15, 0.2) is 72.8 Å². The van der Waals surface area contributed by atoms with E-state index in [-0.39, 0.29) is 29.2 Å². The minimum atomic E-state index is -0.484. The number of unbranched alkanes of at least 4 members (excludes halogenated alkanes) is 12. The number of amides is 2. The molecule has 0 saturated carbocycles. The lowest BCUT2D eigenvalue weighted by Gasteiger charge is -2.45. The van der Waals surface area contributed by atoms with Gasteiger partial charge in [0.05, 0.1) is 29.7 Å². The molecule has 0 N–H and O–H groups in total. The summed E-state index contributed by atoms with van der Waals surface area (Å²) in [5.74, 6) is -2.24. The molecule has 5 heteroatoms. The first-order chi connectivity index (χ1) is 22.1. The van der Waals surface area contributed by atoms with Gasteiger partial charge in [0.15, 0.2) is 0 Å². The van der Waals surface area contributed by atoms with Gasteiger partial charge in [-0.3, -0.25) is 9.59 Å². The van der Waals surface area contributed by atoms with Gasteiger partial charge in [0, 0.05) is 11.8 Å². The molecule has 3 aromatic rings. The summed E-state index contributed by atoms with van der Waals surface area (Å²) in [7, 11) is 0. The number of carbonyl (C=O) groups excluding carboxylic acids is 3. The van der Waals surface area contributed by atoms with Crippen molar-refractivity contribution >= 4 is 23.5 Å². The monoisotopic (exact) mass is 605 g/mol. The predicted octanol–water partition coefficient (Wildman–Crippen LogP) is 9.33. The second kappa shape index (κ2) is 14.6. The highest BCUT2D eigenvalue weighted by atomic mass is 16.5. The molecule has 2 atom stereocenters. The van der Waals surface area contributed by atoms with Crippen LogP contribution in [0, 0.1) is 11.8 Å². The van der Waals surface area contributed by atoms with Gasteiger partial charge in [-0.2, -0.15) is 0 Å². The number of nitrogens with zero attached hydrogens (tertiary/aromatic N) is 1. The van der Waals surface area contributed by atoms with Crippen LogP contribution in [0.1, 0.15) is 135 Å². The summed E-state index contributed by atoms with van der Waals surface area (Å²) in [6.07, 6.45) is 16.3. The molecular formula is C40H47NO4. The zero-order chi connectivity index (χ0) is 31.2. The molecule has 7 rings (SSSR count). The summed E-state index contributed by atoms with van der Waals surface area (Å²) in [6, 6.07) is 23.4. The fourth-order valence-corrected chi connectivity index (χ4v) is 8.12. The molecule has 2 unspecified atom stereocenters. The lowest BCUT2D eigenvalue weighted by atomic mass is 9.55. The van der Waals surface area contributed by atoms with Crippen LogP contribution in [0.5, 0.6) is 0 Å². The highest BCUT2D eigenvalue weighted by Gasteiger charge is 2.62. The quantitative estimate of drug-likeness (QED) is 0.0927. The minimum absolute atomic E-state index is 0.177. The van der Waals surface area contributed by atoms with Gasteiger partial charge in [-0.15, -0.1) is 0 Å². The molecule has 3 aliphatic carbocycles. The summed E-state index contributed by atoms with van der Waals surface area (Å²) in [6.45, 7) is 2.60. The van der Waals surface area contributed by atoms with Crippen molar-refractivity contribution in [1.82, 2.24) is 0 Å². The molecule has 1 heterocycles. The zero-order valence-electron chi connectivity index (χ0n) is 26.7.